The summed E-state index contributed by atoms with van der Waals surface area (Å²) in [6, 6.07) is 9.85. The van der Waals surface area contributed by atoms with Crippen molar-refractivity contribution in [3.8, 4) is 11.5 Å². The van der Waals surface area contributed by atoms with Gasteiger partial charge in [0.1, 0.15) is 11.5 Å². The van der Waals surface area contributed by atoms with E-state index in [1.165, 1.54) is 26.0 Å². The lowest BCUT2D eigenvalue weighted by molar-refractivity contribution is -0.132. The molecular weight excluding hydrogens is 403 g/mol. The maximum absolute atomic E-state index is 12.2. The van der Waals surface area contributed by atoms with Crippen LogP contribution in [0.2, 0.25) is 10.0 Å². The number of ether oxygens (including phenoxy) is 2. The van der Waals surface area contributed by atoms with Crippen LogP contribution in [-0.4, -0.2) is 29.7 Å². The molecule has 146 valence electrons. The Balaban J connectivity index is 2.03. The Kier molecular flexibility index (Phi) is 5.91. The predicted octanol–water partition coefficient (Wildman–Crippen LogP) is 4.62. The fourth-order valence-corrected chi connectivity index (χ4v) is 3.62. The Morgan fingerprint density at radius 3 is 2.50 bits per heavy atom. The molecule has 0 saturated carbocycles. The van der Waals surface area contributed by atoms with Gasteiger partial charge in [0, 0.05) is 41.9 Å². The number of halogens is 2. The third kappa shape index (κ3) is 4.13. The molecule has 0 fully saturated rings. The zero-order chi connectivity index (χ0) is 20.4. The van der Waals surface area contributed by atoms with E-state index in [2.05, 4.69) is 5.10 Å². The summed E-state index contributed by atoms with van der Waals surface area (Å²) in [6.07, 6.45) is 0.404. The predicted molar refractivity (Wildman–Crippen MR) is 107 cm³/mol. The minimum absolute atomic E-state index is 0.228. The van der Waals surface area contributed by atoms with Crippen molar-refractivity contribution < 1.29 is 19.1 Å². The molecular formula is C20H18Cl2N2O4. The first kappa shape index (κ1) is 20.2. The first-order chi connectivity index (χ1) is 13.3. The van der Waals surface area contributed by atoms with Crippen molar-refractivity contribution in [1.29, 1.82) is 0 Å². The number of hydrazone groups is 1. The van der Waals surface area contributed by atoms with E-state index in [4.69, 9.17) is 32.7 Å². The first-order valence-corrected chi connectivity index (χ1v) is 9.24. The largest absolute Gasteiger partial charge is 0.497 e. The normalized spacial score (nSPS) is 16.0. The molecule has 0 spiro atoms. The SMILES string of the molecule is COc1ccc(C2=NN(C(C)=O)[C@@H](c3ccc(Cl)cc3Cl)C2)c(OC(C)=O)c1. The average molecular weight is 421 g/mol. The van der Waals surface area contributed by atoms with Gasteiger partial charge in [-0.3, -0.25) is 9.59 Å². The zero-order valence-corrected chi connectivity index (χ0v) is 17.0. The lowest BCUT2D eigenvalue weighted by Crippen LogP contribution is -2.24. The fourth-order valence-electron chi connectivity index (χ4n) is 3.08. The number of carbonyl (C=O) groups excluding carboxylic acids is 2. The molecule has 0 aromatic heterocycles. The fraction of sp³-hybridized carbons (Fsp3) is 0.250. The van der Waals surface area contributed by atoms with E-state index in [1.807, 2.05) is 0 Å². The summed E-state index contributed by atoms with van der Waals surface area (Å²) < 4.78 is 10.5. The van der Waals surface area contributed by atoms with Crippen molar-refractivity contribution in [1.82, 2.24) is 5.01 Å². The van der Waals surface area contributed by atoms with Crippen LogP contribution in [0.1, 0.15) is 37.4 Å². The van der Waals surface area contributed by atoms with Crippen molar-refractivity contribution in [2.75, 3.05) is 7.11 Å². The first-order valence-electron chi connectivity index (χ1n) is 8.49. The number of esters is 1. The molecule has 1 aliphatic heterocycles. The second-order valence-corrected chi connectivity index (χ2v) is 7.10. The number of benzene rings is 2. The third-order valence-electron chi connectivity index (χ3n) is 4.31. The molecule has 0 N–H and O–H groups in total. The lowest BCUT2D eigenvalue weighted by atomic mass is 9.97. The highest BCUT2D eigenvalue weighted by Gasteiger charge is 2.34. The van der Waals surface area contributed by atoms with Gasteiger partial charge in [-0.15, -0.1) is 0 Å². The van der Waals surface area contributed by atoms with Crippen LogP contribution in [0.15, 0.2) is 41.5 Å². The van der Waals surface area contributed by atoms with Crippen LogP contribution >= 0.6 is 23.2 Å². The summed E-state index contributed by atoms with van der Waals surface area (Å²) in [5, 5.41) is 6.82. The van der Waals surface area contributed by atoms with E-state index in [-0.39, 0.29) is 11.9 Å². The molecule has 0 radical (unpaired) electrons. The van der Waals surface area contributed by atoms with E-state index in [9.17, 15) is 9.59 Å². The van der Waals surface area contributed by atoms with E-state index in [1.54, 1.807) is 36.4 Å². The van der Waals surface area contributed by atoms with Gasteiger partial charge in [-0.25, -0.2) is 5.01 Å². The molecule has 8 heteroatoms. The molecule has 28 heavy (non-hydrogen) atoms. The van der Waals surface area contributed by atoms with Crippen LogP contribution in [-0.2, 0) is 9.59 Å². The standard InChI is InChI=1S/C20H18Cl2N2O4/c1-11(25)24-19(15-6-4-13(21)8-17(15)22)10-18(23-24)16-7-5-14(27-3)9-20(16)28-12(2)26/h4-9,19H,10H2,1-3H3/t19-/m1/s1. The van der Waals surface area contributed by atoms with E-state index in [0.29, 0.717) is 39.2 Å². The highest BCUT2D eigenvalue weighted by atomic mass is 35.5. The Morgan fingerprint density at radius 2 is 1.89 bits per heavy atom. The van der Waals surface area contributed by atoms with Gasteiger partial charge < -0.3 is 9.47 Å². The molecule has 3 rings (SSSR count). The third-order valence-corrected chi connectivity index (χ3v) is 4.87. The smallest absolute Gasteiger partial charge is 0.308 e. The van der Waals surface area contributed by atoms with Gasteiger partial charge in [0.15, 0.2) is 0 Å². The Labute approximate surface area is 172 Å². The molecule has 0 saturated heterocycles. The number of amides is 1. The monoisotopic (exact) mass is 420 g/mol. The molecule has 0 unspecified atom stereocenters. The van der Waals surface area contributed by atoms with Gasteiger partial charge in [0.05, 0.1) is 18.9 Å². The molecule has 2 aromatic rings. The van der Waals surface area contributed by atoms with Crippen LogP contribution in [0.4, 0.5) is 0 Å². The van der Waals surface area contributed by atoms with Crippen LogP contribution < -0.4 is 9.47 Å². The maximum Gasteiger partial charge on any atom is 0.308 e. The number of nitrogens with zero attached hydrogens (tertiary/aromatic N) is 2. The van der Waals surface area contributed by atoms with Gasteiger partial charge in [-0.05, 0) is 29.8 Å². The second kappa shape index (κ2) is 8.20. The quantitative estimate of drug-likeness (QED) is 0.534. The van der Waals surface area contributed by atoms with E-state index < -0.39 is 5.97 Å². The minimum atomic E-state index is -0.464. The molecule has 6 nitrogen and oxygen atoms in total. The average Bonchev–Trinajstić information content (AvgIpc) is 3.06. The Morgan fingerprint density at radius 1 is 1.14 bits per heavy atom. The molecule has 1 amide bonds. The van der Waals surface area contributed by atoms with Crippen molar-refractivity contribution in [3.05, 3.63) is 57.6 Å². The minimum Gasteiger partial charge on any atom is -0.497 e. The number of methoxy groups -OCH3 is 1. The summed E-state index contributed by atoms with van der Waals surface area (Å²) in [5.74, 6) is 0.165. The van der Waals surface area contributed by atoms with Gasteiger partial charge in [0.25, 0.3) is 0 Å². The molecule has 0 bridgehead atoms. The van der Waals surface area contributed by atoms with Gasteiger partial charge >= 0.3 is 5.97 Å². The molecule has 2 aromatic carbocycles. The number of hydrogen-bond donors (Lipinski definition) is 0. The van der Waals surface area contributed by atoms with Crippen LogP contribution in [0, 0.1) is 0 Å². The lowest BCUT2D eigenvalue weighted by Gasteiger charge is -2.21. The highest BCUT2D eigenvalue weighted by molar-refractivity contribution is 6.35. The number of carbonyl (C=O) groups is 2. The van der Waals surface area contributed by atoms with Crippen molar-refractivity contribution in [3.63, 3.8) is 0 Å². The second-order valence-electron chi connectivity index (χ2n) is 6.25. The number of hydrogen-bond acceptors (Lipinski definition) is 5. The van der Waals surface area contributed by atoms with E-state index >= 15 is 0 Å². The van der Waals surface area contributed by atoms with Gasteiger partial charge in [-0.1, -0.05) is 29.3 Å². The molecule has 1 aliphatic rings. The van der Waals surface area contributed by atoms with Gasteiger partial charge in [-0.2, -0.15) is 5.10 Å². The summed E-state index contributed by atoms with van der Waals surface area (Å²) >= 11 is 12.3. The van der Waals surface area contributed by atoms with Crippen LogP contribution in [0.5, 0.6) is 11.5 Å². The summed E-state index contributed by atoms with van der Waals surface area (Å²) in [7, 11) is 1.52. The molecule has 1 heterocycles. The van der Waals surface area contributed by atoms with Gasteiger partial charge in [0.2, 0.25) is 5.91 Å². The topological polar surface area (TPSA) is 68.2 Å². The van der Waals surface area contributed by atoms with Crippen molar-refractivity contribution >= 4 is 40.8 Å². The highest BCUT2D eigenvalue weighted by Crippen LogP contribution is 2.39. The molecule has 1 atom stereocenters. The number of rotatable bonds is 4. The van der Waals surface area contributed by atoms with Crippen LogP contribution in [0.3, 0.4) is 0 Å². The van der Waals surface area contributed by atoms with E-state index in [0.717, 1.165) is 5.56 Å². The Bertz CT molecular complexity index is 975. The summed E-state index contributed by atoms with van der Waals surface area (Å²) in [6.45, 7) is 2.75. The Hall–Kier alpha value is -2.57. The zero-order valence-electron chi connectivity index (χ0n) is 15.5. The maximum atomic E-state index is 12.2. The van der Waals surface area contributed by atoms with Crippen molar-refractivity contribution in [2.45, 2.75) is 26.3 Å². The van der Waals surface area contributed by atoms with Crippen molar-refractivity contribution in [2.24, 2.45) is 5.10 Å². The summed E-state index contributed by atoms with van der Waals surface area (Å²) in [4.78, 5) is 23.7. The van der Waals surface area contributed by atoms with Crippen LogP contribution in [0.25, 0.3) is 0 Å². The summed E-state index contributed by atoms with van der Waals surface area (Å²) in [5.41, 5.74) is 1.95. The molecule has 0 aliphatic carbocycles.